The van der Waals surface area contributed by atoms with Gasteiger partial charge >= 0.3 is 12.1 Å². The van der Waals surface area contributed by atoms with E-state index in [9.17, 15) is 27.9 Å². The molecule has 2 saturated heterocycles. The molecule has 1 N–H and O–H groups in total. The van der Waals surface area contributed by atoms with Gasteiger partial charge < -0.3 is 14.6 Å². The molecule has 0 aliphatic carbocycles. The van der Waals surface area contributed by atoms with Crippen LogP contribution in [0.15, 0.2) is 52.7 Å². The number of thiocarbonyl (C=S) groups is 1. The number of carboxylic acids is 1. The summed E-state index contributed by atoms with van der Waals surface area (Å²) in [7, 11) is 0. The number of ether oxygens (including phenoxy) is 2. The molecule has 232 valence electrons. The van der Waals surface area contributed by atoms with E-state index in [1.54, 1.807) is 29.7 Å². The molecule has 2 aliphatic rings. The van der Waals surface area contributed by atoms with Crippen molar-refractivity contribution < 1.29 is 37.3 Å². The number of rotatable bonds is 10. The number of carbonyl (C=O) groups excluding carboxylic acids is 1. The Hall–Kier alpha value is -2.94. The first kappa shape index (κ1) is 32.5. The molecule has 7 nitrogen and oxygen atoms in total. The highest BCUT2D eigenvalue weighted by Gasteiger charge is 2.33. The Morgan fingerprint density at radius 2 is 1.93 bits per heavy atom. The molecule has 0 unspecified atom stereocenters. The minimum absolute atomic E-state index is 0.181. The molecule has 2 aromatic carbocycles. The van der Waals surface area contributed by atoms with Gasteiger partial charge in [-0.2, -0.15) is 13.2 Å². The second kappa shape index (κ2) is 14.0. The highest BCUT2D eigenvalue weighted by molar-refractivity contribution is 8.26. The van der Waals surface area contributed by atoms with Crippen molar-refractivity contribution in [3.8, 4) is 16.9 Å². The molecule has 5 rings (SSSR count). The average molecular weight is 683 g/mol. The average Bonchev–Trinajstić information content (AvgIpc) is 3.55. The molecule has 0 saturated carbocycles. The summed E-state index contributed by atoms with van der Waals surface area (Å²) in [6.07, 6.45) is -2.34. The fourth-order valence-corrected chi connectivity index (χ4v) is 7.14. The number of halogens is 4. The van der Waals surface area contributed by atoms with Crippen molar-refractivity contribution in [2.24, 2.45) is 0 Å². The predicted octanol–water partition coefficient (Wildman–Crippen LogP) is 7.29. The number of hydrogen-bond acceptors (Lipinski definition) is 8. The van der Waals surface area contributed by atoms with E-state index < -0.39 is 17.7 Å². The minimum atomic E-state index is -4.49. The van der Waals surface area contributed by atoms with Gasteiger partial charge in [0.1, 0.15) is 10.1 Å². The standard InChI is InChI=1S/C30H26ClF3N2O5S3/c31-24-4-3-21(30(32,33)34)14-23(24)20-13-22(43-17-20)15-26-27(37)36(29(42)44-26)6-1-9-41-25-5-2-18(28(38)39)12-19(25)16-35-7-10-40-11-8-35/h2-5,12-15,17H,1,6-11,16H2,(H,38,39). The Bertz CT molecular complexity index is 1600. The van der Waals surface area contributed by atoms with Crippen molar-refractivity contribution >= 4 is 69.2 Å². The number of amides is 1. The first-order chi connectivity index (χ1) is 21.0. The van der Waals surface area contributed by atoms with Crippen LogP contribution in [0.2, 0.25) is 5.02 Å². The van der Waals surface area contributed by atoms with Crippen LogP contribution in [0.25, 0.3) is 17.2 Å². The lowest BCUT2D eigenvalue weighted by Crippen LogP contribution is -2.35. The van der Waals surface area contributed by atoms with Crippen LogP contribution in [0.4, 0.5) is 13.2 Å². The molecule has 2 aliphatic heterocycles. The zero-order chi connectivity index (χ0) is 31.4. The van der Waals surface area contributed by atoms with Crippen LogP contribution >= 0.6 is 46.9 Å². The van der Waals surface area contributed by atoms with Crippen LogP contribution in [0, 0.1) is 0 Å². The van der Waals surface area contributed by atoms with Gasteiger partial charge in [-0.25, -0.2) is 4.79 Å². The molecule has 0 radical (unpaired) electrons. The zero-order valence-electron chi connectivity index (χ0n) is 23.1. The van der Waals surface area contributed by atoms with Crippen molar-refractivity contribution in [1.82, 2.24) is 9.80 Å². The largest absolute Gasteiger partial charge is 0.493 e. The Labute approximate surface area is 270 Å². The first-order valence-electron chi connectivity index (χ1n) is 13.5. The Morgan fingerprint density at radius 1 is 1.16 bits per heavy atom. The Balaban J connectivity index is 1.20. The Kier molecular flexibility index (Phi) is 10.3. The summed E-state index contributed by atoms with van der Waals surface area (Å²) >= 11 is 14.1. The molecule has 3 aromatic rings. The van der Waals surface area contributed by atoms with Crippen LogP contribution in [-0.4, -0.2) is 70.6 Å². The van der Waals surface area contributed by atoms with Crippen molar-refractivity contribution in [2.45, 2.75) is 19.1 Å². The zero-order valence-corrected chi connectivity index (χ0v) is 26.3. The third kappa shape index (κ3) is 7.82. The summed E-state index contributed by atoms with van der Waals surface area (Å²) in [5.41, 5.74) is 0.938. The normalized spacial score (nSPS) is 17.1. The van der Waals surface area contributed by atoms with E-state index in [2.05, 4.69) is 4.90 Å². The molecule has 44 heavy (non-hydrogen) atoms. The predicted molar refractivity (Wildman–Crippen MR) is 169 cm³/mol. The van der Waals surface area contributed by atoms with E-state index >= 15 is 0 Å². The molecule has 1 amide bonds. The van der Waals surface area contributed by atoms with Gasteiger partial charge in [-0.05, 0) is 65.9 Å². The van der Waals surface area contributed by atoms with Crippen LogP contribution in [-0.2, 0) is 22.3 Å². The SMILES string of the molecule is O=C(O)c1ccc(OCCCN2C(=O)C(=Cc3cc(-c4cc(C(F)(F)F)ccc4Cl)cs3)SC2=S)c(CN2CCOCC2)c1. The summed E-state index contributed by atoms with van der Waals surface area (Å²) in [6, 6.07) is 9.65. The number of benzene rings is 2. The number of thiophene rings is 1. The molecular weight excluding hydrogens is 657 g/mol. The molecule has 0 bridgehead atoms. The van der Waals surface area contributed by atoms with Gasteiger partial charge in [-0.3, -0.25) is 14.6 Å². The van der Waals surface area contributed by atoms with Crippen LogP contribution in [0.3, 0.4) is 0 Å². The summed E-state index contributed by atoms with van der Waals surface area (Å²) < 4.78 is 51.4. The summed E-state index contributed by atoms with van der Waals surface area (Å²) in [4.78, 5) is 29.4. The highest BCUT2D eigenvalue weighted by atomic mass is 35.5. The van der Waals surface area contributed by atoms with Crippen molar-refractivity contribution in [2.75, 3.05) is 39.5 Å². The van der Waals surface area contributed by atoms with Crippen molar-refractivity contribution in [1.29, 1.82) is 0 Å². The van der Waals surface area contributed by atoms with Gasteiger partial charge in [0.05, 0.1) is 35.9 Å². The fraction of sp³-hybridized carbons (Fsp3) is 0.300. The summed E-state index contributed by atoms with van der Waals surface area (Å²) in [5.74, 6) is -0.688. The van der Waals surface area contributed by atoms with E-state index in [0.717, 1.165) is 42.5 Å². The van der Waals surface area contributed by atoms with Crippen LogP contribution in [0.1, 0.15) is 32.8 Å². The quantitative estimate of drug-likeness (QED) is 0.136. The molecule has 14 heteroatoms. The second-order valence-electron chi connectivity index (χ2n) is 9.98. The maximum atomic E-state index is 13.2. The van der Waals surface area contributed by atoms with Crippen molar-refractivity contribution in [3.05, 3.63) is 79.3 Å². The lowest BCUT2D eigenvalue weighted by Gasteiger charge is -2.27. The topological polar surface area (TPSA) is 79.3 Å². The number of aromatic carboxylic acids is 1. The summed E-state index contributed by atoms with van der Waals surface area (Å²) in [5, 5.41) is 11.3. The summed E-state index contributed by atoms with van der Waals surface area (Å²) in [6.45, 7) is 3.85. The van der Waals surface area contributed by atoms with Crippen LogP contribution < -0.4 is 4.74 Å². The van der Waals surface area contributed by atoms with E-state index in [1.165, 1.54) is 28.4 Å². The number of hydrogen-bond donors (Lipinski definition) is 1. The minimum Gasteiger partial charge on any atom is -0.493 e. The molecular formula is C30H26ClF3N2O5S3. The smallest absolute Gasteiger partial charge is 0.416 e. The third-order valence-electron chi connectivity index (χ3n) is 6.96. The van der Waals surface area contributed by atoms with Gasteiger partial charge in [-0.15, -0.1) is 11.3 Å². The molecule has 3 heterocycles. The van der Waals surface area contributed by atoms with Gasteiger partial charge in [-0.1, -0.05) is 35.6 Å². The lowest BCUT2D eigenvalue weighted by molar-refractivity contribution is -0.137. The lowest BCUT2D eigenvalue weighted by atomic mass is 10.1. The van der Waals surface area contributed by atoms with Crippen molar-refractivity contribution in [3.63, 3.8) is 0 Å². The van der Waals surface area contributed by atoms with E-state index in [4.69, 9.17) is 33.3 Å². The first-order valence-corrected chi connectivity index (χ1v) is 16.0. The number of carbonyl (C=O) groups is 2. The van der Waals surface area contributed by atoms with E-state index in [-0.39, 0.29) is 28.7 Å². The molecule has 2 fully saturated rings. The highest BCUT2D eigenvalue weighted by Crippen LogP contribution is 2.39. The van der Waals surface area contributed by atoms with Gasteiger partial charge in [0.2, 0.25) is 0 Å². The fourth-order valence-electron chi connectivity index (χ4n) is 4.70. The monoisotopic (exact) mass is 682 g/mol. The van der Waals surface area contributed by atoms with Crippen LogP contribution in [0.5, 0.6) is 5.75 Å². The maximum Gasteiger partial charge on any atom is 0.416 e. The van der Waals surface area contributed by atoms with Gasteiger partial charge in [0.15, 0.2) is 0 Å². The third-order valence-corrected chi connectivity index (χ3v) is 9.55. The number of nitrogens with zero attached hydrogens (tertiary/aromatic N) is 2. The molecule has 0 spiro atoms. The van der Waals surface area contributed by atoms with Gasteiger partial charge in [0.25, 0.3) is 5.91 Å². The number of alkyl halides is 3. The van der Waals surface area contributed by atoms with E-state index in [0.29, 0.717) is 58.1 Å². The second-order valence-corrected chi connectivity index (χ2v) is 13.0. The van der Waals surface area contributed by atoms with E-state index in [1.807, 2.05) is 0 Å². The number of carboxylic acid groups (broad SMARTS) is 1. The number of morpholine rings is 1. The molecule has 1 aromatic heterocycles. The Morgan fingerprint density at radius 3 is 2.66 bits per heavy atom. The molecule has 0 atom stereocenters. The number of thioether (sulfide) groups is 1. The van der Waals surface area contributed by atoms with Gasteiger partial charge in [0, 0.05) is 47.2 Å². The maximum absolute atomic E-state index is 13.2.